The van der Waals surface area contributed by atoms with Crippen molar-refractivity contribution < 1.29 is 24.2 Å². The first-order valence-electron chi connectivity index (χ1n) is 31.8. The van der Waals surface area contributed by atoms with E-state index in [0.29, 0.717) is 12.8 Å². The van der Waals surface area contributed by atoms with Gasteiger partial charge in [0.1, 0.15) is 6.61 Å². The number of allylic oxidation sites excluding steroid dienone is 10. The average Bonchev–Trinajstić information content (AvgIpc) is 3.38. The van der Waals surface area contributed by atoms with Gasteiger partial charge in [0, 0.05) is 12.8 Å². The third-order valence-electron chi connectivity index (χ3n) is 14.3. The molecule has 0 radical (unpaired) electrons. The number of hydrogen-bond donors (Lipinski definition) is 1. The van der Waals surface area contributed by atoms with E-state index in [1.165, 1.54) is 244 Å². The van der Waals surface area contributed by atoms with Crippen LogP contribution in [0.5, 0.6) is 0 Å². The summed E-state index contributed by atoms with van der Waals surface area (Å²) in [5.74, 6) is -0.573. The predicted octanol–water partition coefficient (Wildman–Crippen LogP) is 21.8. The van der Waals surface area contributed by atoms with Crippen molar-refractivity contribution in [1.82, 2.24) is 0 Å². The molecule has 0 rings (SSSR count). The maximum atomic E-state index is 12.3. The second-order valence-corrected chi connectivity index (χ2v) is 21.5. The number of aliphatic hydroxyl groups excluding tert-OH is 1. The Kier molecular flexibility index (Phi) is 60.8. The van der Waals surface area contributed by atoms with E-state index in [1.54, 1.807) is 0 Å². The summed E-state index contributed by atoms with van der Waals surface area (Å²) in [6.45, 7) is 4.07. The molecule has 0 saturated heterocycles. The van der Waals surface area contributed by atoms with Gasteiger partial charge in [-0.05, 0) is 77.0 Å². The normalized spacial score (nSPS) is 12.5. The molecule has 1 N–H and O–H groups in total. The molecular formula is C67H122O5. The standard InChI is InChI=1S/C67H122O5/c1-3-5-7-9-11-13-15-17-19-21-23-25-27-29-30-31-32-33-34-35-36-38-40-42-44-46-48-50-52-54-56-58-60-62-67(70)72-65(63-68)64-71-66(69)61-59-57-55-53-51-49-47-45-43-41-39-37-28-26-24-22-20-18-16-14-12-10-8-6-4-2/h5,7,11,13,17,19,22-25,65,68H,3-4,6,8-10,12,14-16,18,20-21,26-64H2,1-2H3/b7-5-,13-11-,19-17-,24-22-,25-23-. The van der Waals surface area contributed by atoms with Crippen LogP contribution < -0.4 is 0 Å². The van der Waals surface area contributed by atoms with Crippen molar-refractivity contribution in [1.29, 1.82) is 0 Å². The lowest BCUT2D eigenvalue weighted by Crippen LogP contribution is -2.28. The zero-order chi connectivity index (χ0) is 52.0. The van der Waals surface area contributed by atoms with E-state index in [2.05, 4.69) is 74.6 Å². The molecule has 0 aliphatic heterocycles. The van der Waals surface area contributed by atoms with Crippen LogP contribution >= 0.6 is 0 Å². The van der Waals surface area contributed by atoms with E-state index in [0.717, 1.165) is 64.2 Å². The van der Waals surface area contributed by atoms with Gasteiger partial charge in [-0.2, -0.15) is 0 Å². The van der Waals surface area contributed by atoms with Crippen LogP contribution in [-0.4, -0.2) is 36.4 Å². The van der Waals surface area contributed by atoms with Crippen LogP contribution in [0.25, 0.3) is 0 Å². The molecule has 0 aliphatic carbocycles. The van der Waals surface area contributed by atoms with Gasteiger partial charge in [0.2, 0.25) is 0 Å². The molecule has 5 heteroatoms. The van der Waals surface area contributed by atoms with Crippen LogP contribution in [0.3, 0.4) is 0 Å². The highest BCUT2D eigenvalue weighted by Gasteiger charge is 2.16. The number of unbranched alkanes of at least 4 members (excludes halogenated alkanes) is 41. The number of carbonyl (C=O) groups excluding carboxylic acids is 2. The van der Waals surface area contributed by atoms with Gasteiger partial charge in [-0.25, -0.2) is 0 Å². The molecule has 0 amide bonds. The molecule has 1 unspecified atom stereocenters. The summed E-state index contributed by atoms with van der Waals surface area (Å²) in [5.41, 5.74) is 0. The summed E-state index contributed by atoms with van der Waals surface area (Å²) in [6, 6.07) is 0. The number of hydrogen-bond acceptors (Lipinski definition) is 5. The van der Waals surface area contributed by atoms with Gasteiger partial charge in [-0.1, -0.05) is 306 Å². The van der Waals surface area contributed by atoms with E-state index >= 15 is 0 Å². The van der Waals surface area contributed by atoms with Gasteiger partial charge in [0.25, 0.3) is 0 Å². The van der Waals surface area contributed by atoms with Gasteiger partial charge in [0.05, 0.1) is 6.61 Å². The Morgan fingerprint density at radius 3 is 0.917 bits per heavy atom. The Bertz CT molecular complexity index is 1230. The number of rotatable bonds is 59. The maximum absolute atomic E-state index is 12.3. The Morgan fingerprint density at radius 1 is 0.333 bits per heavy atom. The number of ether oxygens (including phenoxy) is 2. The Balaban J connectivity index is 3.42. The third-order valence-corrected chi connectivity index (χ3v) is 14.3. The first-order chi connectivity index (χ1) is 35.6. The molecule has 0 aliphatic rings. The maximum Gasteiger partial charge on any atom is 0.306 e. The van der Waals surface area contributed by atoms with Crippen LogP contribution in [0, 0.1) is 0 Å². The molecular weight excluding hydrogens is 885 g/mol. The molecule has 0 fully saturated rings. The Hall–Kier alpha value is -2.40. The summed E-state index contributed by atoms with van der Waals surface area (Å²) < 4.78 is 10.7. The molecule has 0 aromatic rings. The highest BCUT2D eigenvalue weighted by Crippen LogP contribution is 2.18. The van der Waals surface area contributed by atoms with E-state index < -0.39 is 6.10 Å². The first kappa shape index (κ1) is 69.6. The van der Waals surface area contributed by atoms with Crippen molar-refractivity contribution in [3.05, 3.63) is 60.8 Å². The van der Waals surface area contributed by atoms with Gasteiger partial charge in [-0.15, -0.1) is 0 Å². The van der Waals surface area contributed by atoms with Crippen molar-refractivity contribution in [3.63, 3.8) is 0 Å². The number of carbonyl (C=O) groups is 2. The molecule has 0 aromatic carbocycles. The van der Waals surface area contributed by atoms with E-state index in [1.807, 2.05) is 0 Å². The molecule has 0 aromatic heterocycles. The van der Waals surface area contributed by atoms with E-state index in [9.17, 15) is 14.7 Å². The molecule has 0 spiro atoms. The Labute approximate surface area is 449 Å². The highest BCUT2D eigenvalue weighted by atomic mass is 16.6. The minimum atomic E-state index is -0.772. The fourth-order valence-electron chi connectivity index (χ4n) is 9.55. The number of esters is 2. The summed E-state index contributed by atoms with van der Waals surface area (Å²) in [6.07, 6.45) is 85.1. The van der Waals surface area contributed by atoms with Crippen LogP contribution in [0.4, 0.5) is 0 Å². The zero-order valence-corrected chi connectivity index (χ0v) is 48.2. The second-order valence-electron chi connectivity index (χ2n) is 21.5. The molecule has 5 nitrogen and oxygen atoms in total. The molecule has 1 atom stereocenters. The minimum absolute atomic E-state index is 0.0621. The molecule has 420 valence electrons. The van der Waals surface area contributed by atoms with Crippen LogP contribution in [0.1, 0.15) is 335 Å². The van der Waals surface area contributed by atoms with Gasteiger partial charge < -0.3 is 14.6 Å². The Morgan fingerprint density at radius 2 is 0.597 bits per heavy atom. The lowest BCUT2D eigenvalue weighted by atomic mass is 10.0. The molecule has 0 bridgehead atoms. The SMILES string of the molecule is CC/C=C\C/C=C\C/C=C\C/C=C\CCCCCCCCCCCCCCCCCCCCCCC(=O)OC(CO)COC(=O)CCCCCCCCCCCCCCC/C=C\CCCCCCCCCC. The summed E-state index contributed by atoms with van der Waals surface area (Å²) in [7, 11) is 0. The van der Waals surface area contributed by atoms with Crippen molar-refractivity contribution in [2.45, 2.75) is 341 Å². The molecule has 0 saturated carbocycles. The van der Waals surface area contributed by atoms with Crippen molar-refractivity contribution in [2.75, 3.05) is 13.2 Å². The highest BCUT2D eigenvalue weighted by molar-refractivity contribution is 5.70. The monoisotopic (exact) mass is 1010 g/mol. The largest absolute Gasteiger partial charge is 0.462 e. The average molecular weight is 1010 g/mol. The van der Waals surface area contributed by atoms with Gasteiger partial charge >= 0.3 is 11.9 Å². The summed E-state index contributed by atoms with van der Waals surface area (Å²) in [5, 5.41) is 9.68. The van der Waals surface area contributed by atoms with Gasteiger partial charge in [-0.3, -0.25) is 9.59 Å². The fourth-order valence-corrected chi connectivity index (χ4v) is 9.55. The van der Waals surface area contributed by atoms with Gasteiger partial charge in [0.15, 0.2) is 6.10 Å². The fraction of sp³-hybridized carbons (Fsp3) is 0.821. The molecule has 72 heavy (non-hydrogen) atoms. The first-order valence-corrected chi connectivity index (χ1v) is 31.8. The van der Waals surface area contributed by atoms with E-state index in [-0.39, 0.29) is 25.2 Å². The van der Waals surface area contributed by atoms with E-state index in [4.69, 9.17) is 9.47 Å². The van der Waals surface area contributed by atoms with Crippen LogP contribution in [0.2, 0.25) is 0 Å². The van der Waals surface area contributed by atoms with Crippen LogP contribution in [-0.2, 0) is 19.1 Å². The lowest BCUT2D eigenvalue weighted by molar-refractivity contribution is -0.161. The smallest absolute Gasteiger partial charge is 0.306 e. The molecule has 0 heterocycles. The lowest BCUT2D eigenvalue weighted by Gasteiger charge is -2.15. The van der Waals surface area contributed by atoms with Crippen molar-refractivity contribution in [3.8, 4) is 0 Å². The quantitative estimate of drug-likeness (QED) is 0.0373. The topological polar surface area (TPSA) is 72.8 Å². The van der Waals surface area contributed by atoms with Crippen molar-refractivity contribution >= 4 is 11.9 Å². The summed E-state index contributed by atoms with van der Waals surface area (Å²) >= 11 is 0. The predicted molar refractivity (Wildman–Crippen MR) is 316 cm³/mol. The third kappa shape index (κ3) is 60.2. The minimum Gasteiger partial charge on any atom is -0.462 e. The second kappa shape index (κ2) is 62.9. The summed E-state index contributed by atoms with van der Waals surface area (Å²) in [4.78, 5) is 24.6. The number of aliphatic hydroxyl groups is 1. The zero-order valence-electron chi connectivity index (χ0n) is 48.2. The van der Waals surface area contributed by atoms with Crippen molar-refractivity contribution in [2.24, 2.45) is 0 Å². The van der Waals surface area contributed by atoms with Crippen LogP contribution in [0.15, 0.2) is 60.8 Å².